The molecule has 1 unspecified atom stereocenters. The van der Waals surface area contributed by atoms with E-state index in [4.69, 9.17) is 16.3 Å². The Labute approximate surface area is 172 Å². The van der Waals surface area contributed by atoms with Crippen molar-refractivity contribution in [3.05, 3.63) is 82.9 Å². The van der Waals surface area contributed by atoms with Crippen LogP contribution in [0.15, 0.2) is 60.9 Å². The molecule has 1 aliphatic heterocycles. The van der Waals surface area contributed by atoms with Crippen LogP contribution in [0.3, 0.4) is 0 Å². The SMILES string of the molecule is O=C(NCc1cnn(-c2ccc(Cl)cc2)c1)N1CCOC(c2ccc(F)cc2)C1. The first-order valence-electron chi connectivity index (χ1n) is 9.28. The first-order chi connectivity index (χ1) is 14.1. The van der Waals surface area contributed by atoms with E-state index < -0.39 is 0 Å². The number of morpholine rings is 1. The van der Waals surface area contributed by atoms with Crippen LogP contribution in [0.5, 0.6) is 0 Å². The number of halogens is 2. The second kappa shape index (κ2) is 8.63. The van der Waals surface area contributed by atoms with Crippen LogP contribution in [0.2, 0.25) is 5.02 Å². The number of urea groups is 1. The van der Waals surface area contributed by atoms with E-state index in [-0.39, 0.29) is 18.0 Å². The van der Waals surface area contributed by atoms with Crippen molar-refractivity contribution < 1.29 is 13.9 Å². The van der Waals surface area contributed by atoms with Gasteiger partial charge in [-0.15, -0.1) is 0 Å². The number of nitrogens with zero attached hydrogens (tertiary/aromatic N) is 3. The molecule has 0 saturated carbocycles. The molecule has 150 valence electrons. The predicted molar refractivity (Wildman–Crippen MR) is 107 cm³/mol. The molecule has 0 spiro atoms. The Morgan fingerprint density at radius 1 is 1.21 bits per heavy atom. The summed E-state index contributed by atoms with van der Waals surface area (Å²) in [7, 11) is 0. The van der Waals surface area contributed by atoms with Crippen LogP contribution in [0.1, 0.15) is 17.2 Å². The fourth-order valence-corrected chi connectivity index (χ4v) is 3.31. The molecule has 1 atom stereocenters. The van der Waals surface area contributed by atoms with E-state index in [9.17, 15) is 9.18 Å². The summed E-state index contributed by atoms with van der Waals surface area (Å²) in [6.45, 7) is 1.73. The zero-order valence-electron chi connectivity index (χ0n) is 15.6. The lowest BCUT2D eigenvalue weighted by Gasteiger charge is -2.33. The van der Waals surface area contributed by atoms with Gasteiger partial charge in [0, 0.05) is 29.9 Å². The Bertz CT molecular complexity index is 975. The lowest BCUT2D eigenvalue weighted by atomic mass is 10.1. The Balaban J connectivity index is 1.33. The van der Waals surface area contributed by atoms with Crippen LogP contribution < -0.4 is 5.32 Å². The van der Waals surface area contributed by atoms with Crippen molar-refractivity contribution in [2.45, 2.75) is 12.6 Å². The zero-order chi connectivity index (χ0) is 20.2. The molecular formula is C21H20ClFN4O2. The molecule has 1 aromatic heterocycles. The molecule has 0 radical (unpaired) electrons. The molecule has 2 heterocycles. The van der Waals surface area contributed by atoms with E-state index in [2.05, 4.69) is 10.4 Å². The van der Waals surface area contributed by atoms with Crippen molar-refractivity contribution in [2.24, 2.45) is 0 Å². The van der Waals surface area contributed by atoms with Crippen LogP contribution in [-0.2, 0) is 11.3 Å². The van der Waals surface area contributed by atoms with Crippen molar-refractivity contribution in [1.82, 2.24) is 20.0 Å². The molecule has 29 heavy (non-hydrogen) atoms. The third kappa shape index (κ3) is 4.75. The molecular weight excluding hydrogens is 395 g/mol. The summed E-state index contributed by atoms with van der Waals surface area (Å²) in [6, 6.07) is 13.4. The molecule has 6 nitrogen and oxygen atoms in total. The topological polar surface area (TPSA) is 59.4 Å². The van der Waals surface area contributed by atoms with Crippen molar-refractivity contribution in [3.63, 3.8) is 0 Å². The maximum Gasteiger partial charge on any atom is 0.317 e. The second-order valence-electron chi connectivity index (χ2n) is 6.79. The number of aromatic nitrogens is 2. The summed E-state index contributed by atoms with van der Waals surface area (Å²) in [6.07, 6.45) is 3.32. The number of ether oxygens (including phenoxy) is 1. The van der Waals surface area contributed by atoms with Gasteiger partial charge in [-0.3, -0.25) is 0 Å². The van der Waals surface area contributed by atoms with E-state index >= 15 is 0 Å². The number of rotatable bonds is 4. The third-order valence-electron chi connectivity index (χ3n) is 4.77. The normalized spacial score (nSPS) is 16.6. The number of hydrogen-bond acceptors (Lipinski definition) is 3. The minimum Gasteiger partial charge on any atom is -0.370 e. The number of hydrogen-bond donors (Lipinski definition) is 1. The second-order valence-corrected chi connectivity index (χ2v) is 7.22. The lowest BCUT2D eigenvalue weighted by Crippen LogP contribution is -2.46. The van der Waals surface area contributed by atoms with Gasteiger partial charge in [-0.1, -0.05) is 23.7 Å². The number of carbonyl (C=O) groups excluding carboxylic acids is 1. The number of benzene rings is 2. The highest BCUT2D eigenvalue weighted by Crippen LogP contribution is 2.22. The molecule has 1 fully saturated rings. The largest absolute Gasteiger partial charge is 0.370 e. The molecule has 3 aromatic rings. The monoisotopic (exact) mass is 414 g/mol. The van der Waals surface area contributed by atoms with Gasteiger partial charge in [-0.2, -0.15) is 5.10 Å². The summed E-state index contributed by atoms with van der Waals surface area (Å²) < 4.78 is 20.6. The summed E-state index contributed by atoms with van der Waals surface area (Å²) in [5.41, 5.74) is 2.63. The van der Waals surface area contributed by atoms with Gasteiger partial charge >= 0.3 is 6.03 Å². The van der Waals surface area contributed by atoms with Gasteiger partial charge in [-0.25, -0.2) is 13.9 Å². The minimum absolute atomic E-state index is 0.167. The minimum atomic E-state index is -0.293. The lowest BCUT2D eigenvalue weighted by molar-refractivity contribution is -0.0155. The van der Waals surface area contributed by atoms with Crippen LogP contribution >= 0.6 is 11.6 Å². The summed E-state index contributed by atoms with van der Waals surface area (Å²) in [4.78, 5) is 14.3. The van der Waals surface area contributed by atoms with Gasteiger partial charge in [0.2, 0.25) is 0 Å². The van der Waals surface area contributed by atoms with E-state index in [1.54, 1.807) is 40.0 Å². The van der Waals surface area contributed by atoms with Crippen molar-refractivity contribution in [3.8, 4) is 5.69 Å². The highest BCUT2D eigenvalue weighted by atomic mass is 35.5. The van der Waals surface area contributed by atoms with E-state index in [1.165, 1.54) is 12.1 Å². The maximum absolute atomic E-state index is 13.1. The molecule has 0 aliphatic carbocycles. The van der Waals surface area contributed by atoms with Gasteiger partial charge in [0.05, 0.1) is 25.0 Å². The third-order valence-corrected chi connectivity index (χ3v) is 5.02. The smallest absolute Gasteiger partial charge is 0.317 e. The molecule has 2 aromatic carbocycles. The standard InChI is InChI=1S/C21H20ClFN4O2/c22-17-3-7-19(8-4-17)27-13-15(12-25-27)11-24-21(28)26-9-10-29-20(14-26)16-1-5-18(23)6-2-16/h1-8,12-13,20H,9-11,14H2,(H,24,28). The molecule has 8 heteroatoms. The molecule has 1 aliphatic rings. The van der Waals surface area contributed by atoms with Crippen LogP contribution in [0.4, 0.5) is 9.18 Å². The van der Waals surface area contributed by atoms with Crippen LogP contribution in [0.25, 0.3) is 5.69 Å². The predicted octanol–water partition coefficient (Wildman–Crippen LogP) is 3.95. The Morgan fingerprint density at radius 2 is 1.97 bits per heavy atom. The van der Waals surface area contributed by atoms with E-state index in [1.807, 2.05) is 18.3 Å². The van der Waals surface area contributed by atoms with Gasteiger partial charge in [0.15, 0.2) is 0 Å². The fraction of sp³-hybridized carbons (Fsp3) is 0.238. The Morgan fingerprint density at radius 3 is 2.72 bits per heavy atom. The quantitative estimate of drug-likeness (QED) is 0.703. The van der Waals surface area contributed by atoms with Crippen molar-refractivity contribution in [1.29, 1.82) is 0 Å². The van der Waals surface area contributed by atoms with Gasteiger partial charge in [-0.05, 0) is 42.0 Å². The van der Waals surface area contributed by atoms with E-state index in [0.29, 0.717) is 31.3 Å². The molecule has 4 rings (SSSR count). The molecule has 2 amide bonds. The molecule has 0 bridgehead atoms. The highest BCUT2D eigenvalue weighted by molar-refractivity contribution is 6.30. The van der Waals surface area contributed by atoms with E-state index in [0.717, 1.165) is 16.8 Å². The van der Waals surface area contributed by atoms with Gasteiger partial charge in [0.1, 0.15) is 11.9 Å². The summed E-state index contributed by atoms with van der Waals surface area (Å²) >= 11 is 5.91. The maximum atomic E-state index is 13.1. The molecule has 1 N–H and O–H groups in total. The Kier molecular flexibility index (Phi) is 5.78. The van der Waals surface area contributed by atoms with Crippen molar-refractivity contribution in [2.75, 3.05) is 19.7 Å². The van der Waals surface area contributed by atoms with Gasteiger partial charge in [0.25, 0.3) is 0 Å². The number of amides is 2. The molecule has 1 saturated heterocycles. The first kappa shape index (κ1) is 19.4. The zero-order valence-corrected chi connectivity index (χ0v) is 16.3. The average Bonchev–Trinajstić information content (AvgIpc) is 3.22. The summed E-state index contributed by atoms with van der Waals surface area (Å²) in [5, 5.41) is 7.91. The van der Waals surface area contributed by atoms with Crippen LogP contribution in [0, 0.1) is 5.82 Å². The fourth-order valence-electron chi connectivity index (χ4n) is 3.19. The average molecular weight is 415 g/mol. The van der Waals surface area contributed by atoms with Crippen molar-refractivity contribution >= 4 is 17.6 Å². The summed E-state index contributed by atoms with van der Waals surface area (Å²) in [5.74, 6) is -0.293. The Hall–Kier alpha value is -2.90. The first-order valence-corrected chi connectivity index (χ1v) is 9.65. The number of nitrogens with one attached hydrogen (secondary N) is 1. The highest BCUT2D eigenvalue weighted by Gasteiger charge is 2.25. The van der Waals surface area contributed by atoms with Gasteiger partial charge < -0.3 is 15.0 Å². The van der Waals surface area contributed by atoms with Crippen LogP contribution in [-0.4, -0.2) is 40.4 Å². The number of carbonyl (C=O) groups is 1.